The molecule has 2 heterocycles. The Hall–Kier alpha value is -3.37. The zero-order valence-corrected chi connectivity index (χ0v) is 13.6. The predicted octanol–water partition coefficient (Wildman–Crippen LogP) is 4.28. The average molecular weight is 398 g/mol. The molecule has 0 atom stereocenters. The number of nitrogens with one attached hydrogen (secondary N) is 1. The fraction of sp³-hybridized carbons (Fsp3) is 0.118. The number of benzene rings is 2. The van der Waals surface area contributed by atoms with Gasteiger partial charge in [-0.3, -0.25) is 0 Å². The normalized spacial score (nSPS) is 12.8. The molecule has 0 fully saturated rings. The van der Waals surface area contributed by atoms with Crippen LogP contribution >= 0.6 is 0 Å². The summed E-state index contributed by atoms with van der Waals surface area (Å²) in [7, 11) is 0. The molecule has 0 aliphatic heterocycles. The number of H-pyrrole nitrogens is 1. The van der Waals surface area contributed by atoms with Gasteiger partial charge in [0.05, 0.1) is 16.6 Å². The molecule has 4 aromatic rings. The monoisotopic (exact) mass is 398 g/mol. The number of nitrogens with zero attached hydrogens (tertiary/aromatic N) is 3. The molecular formula is C17H8F6N4O. The summed E-state index contributed by atoms with van der Waals surface area (Å²) in [4.78, 5) is 18.7. The number of para-hydroxylation sites is 1. The number of hydrogen-bond donors (Lipinski definition) is 1. The standard InChI is InChI=1S/C17H8F6N4O/c18-16(19,20)9-5-8(6-10(7-9)17(21,22)23)13-25-14-11-3-1-2-4-12(11)24-15(28)27(14)26-13/h1-7H,(H,24,28). The molecule has 5 nitrogen and oxygen atoms in total. The highest BCUT2D eigenvalue weighted by Crippen LogP contribution is 2.38. The first kappa shape index (κ1) is 18.0. The summed E-state index contributed by atoms with van der Waals surface area (Å²) in [5.74, 6) is -0.432. The van der Waals surface area contributed by atoms with E-state index in [1.54, 1.807) is 24.3 Å². The maximum Gasteiger partial charge on any atom is 0.416 e. The van der Waals surface area contributed by atoms with Crippen molar-refractivity contribution in [3.8, 4) is 11.4 Å². The summed E-state index contributed by atoms with van der Waals surface area (Å²) in [6.07, 6.45) is -10.0. The van der Waals surface area contributed by atoms with Crippen LogP contribution < -0.4 is 5.69 Å². The van der Waals surface area contributed by atoms with Crippen molar-refractivity contribution in [3.05, 3.63) is 64.1 Å². The van der Waals surface area contributed by atoms with E-state index in [0.717, 1.165) is 4.52 Å². The van der Waals surface area contributed by atoms with Gasteiger partial charge >= 0.3 is 18.0 Å². The first-order valence-corrected chi connectivity index (χ1v) is 7.72. The molecule has 11 heteroatoms. The molecule has 144 valence electrons. The summed E-state index contributed by atoms with van der Waals surface area (Å²) < 4.78 is 79.2. The number of halogens is 6. The van der Waals surface area contributed by atoms with E-state index in [4.69, 9.17) is 0 Å². The Morgan fingerprint density at radius 1 is 0.893 bits per heavy atom. The molecule has 0 saturated carbocycles. The van der Waals surface area contributed by atoms with Gasteiger partial charge in [0, 0.05) is 10.9 Å². The van der Waals surface area contributed by atoms with Gasteiger partial charge in [-0.15, -0.1) is 5.10 Å². The van der Waals surface area contributed by atoms with Crippen molar-refractivity contribution >= 4 is 16.6 Å². The van der Waals surface area contributed by atoms with Crippen LogP contribution in [0.2, 0.25) is 0 Å². The van der Waals surface area contributed by atoms with Crippen LogP contribution in [0.3, 0.4) is 0 Å². The van der Waals surface area contributed by atoms with E-state index >= 15 is 0 Å². The number of hydrogen-bond acceptors (Lipinski definition) is 3. The number of rotatable bonds is 1. The average Bonchev–Trinajstić information content (AvgIpc) is 3.06. The van der Waals surface area contributed by atoms with E-state index in [-0.39, 0.29) is 11.7 Å². The van der Waals surface area contributed by atoms with Crippen LogP contribution in [0, 0.1) is 0 Å². The number of aromatic amines is 1. The molecule has 0 radical (unpaired) electrons. The lowest BCUT2D eigenvalue weighted by molar-refractivity contribution is -0.143. The lowest BCUT2D eigenvalue weighted by Crippen LogP contribution is -2.17. The Kier molecular flexibility index (Phi) is 3.74. The van der Waals surface area contributed by atoms with Crippen LogP contribution in [-0.2, 0) is 12.4 Å². The van der Waals surface area contributed by atoms with Gasteiger partial charge in [0.1, 0.15) is 0 Å². The second-order valence-corrected chi connectivity index (χ2v) is 5.94. The van der Waals surface area contributed by atoms with Crippen molar-refractivity contribution in [2.24, 2.45) is 0 Å². The van der Waals surface area contributed by atoms with E-state index in [2.05, 4.69) is 15.1 Å². The highest BCUT2D eigenvalue weighted by molar-refractivity contribution is 5.91. The first-order valence-electron chi connectivity index (χ1n) is 7.72. The van der Waals surface area contributed by atoms with Gasteiger partial charge in [-0.05, 0) is 30.3 Å². The van der Waals surface area contributed by atoms with Gasteiger partial charge < -0.3 is 4.98 Å². The Bertz CT molecular complexity index is 1240. The molecule has 2 aromatic heterocycles. The Labute approximate surface area is 151 Å². The highest BCUT2D eigenvalue weighted by atomic mass is 19.4. The van der Waals surface area contributed by atoms with E-state index in [1.165, 1.54) is 0 Å². The van der Waals surface area contributed by atoms with Crippen LogP contribution in [0.15, 0.2) is 47.3 Å². The second-order valence-electron chi connectivity index (χ2n) is 5.94. The maximum absolute atomic E-state index is 13.1. The van der Waals surface area contributed by atoms with Gasteiger partial charge in [0.15, 0.2) is 11.5 Å². The molecule has 0 aliphatic rings. The van der Waals surface area contributed by atoms with Gasteiger partial charge in [-0.2, -0.15) is 30.9 Å². The molecule has 0 unspecified atom stereocenters. The summed E-state index contributed by atoms with van der Waals surface area (Å²) >= 11 is 0. The highest BCUT2D eigenvalue weighted by Gasteiger charge is 2.37. The van der Waals surface area contributed by atoms with Crippen molar-refractivity contribution in [2.75, 3.05) is 0 Å². The van der Waals surface area contributed by atoms with E-state index in [9.17, 15) is 31.1 Å². The van der Waals surface area contributed by atoms with Gasteiger partial charge in [0.25, 0.3) is 0 Å². The number of aromatic nitrogens is 4. The third-order valence-corrected chi connectivity index (χ3v) is 4.05. The Balaban J connectivity index is 2.01. The number of alkyl halides is 6. The van der Waals surface area contributed by atoms with E-state index in [1.807, 2.05) is 0 Å². The van der Waals surface area contributed by atoms with Crippen molar-refractivity contribution in [1.82, 2.24) is 19.6 Å². The lowest BCUT2D eigenvalue weighted by Gasteiger charge is -2.13. The van der Waals surface area contributed by atoms with Crippen LogP contribution in [0.4, 0.5) is 26.3 Å². The topological polar surface area (TPSA) is 63.0 Å². The summed E-state index contributed by atoms with van der Waals surface area (Å²) in [5, 5.41) is 4.24. The third kappa shape index (κ3) is 2.98. The molecule has 2 aromatic carbocycles. The molecule has 0 saturated heterocycles. The molecular weight excluding hydrogens is 390 g/mol. The molecule has 0 spiro atoms. The van der Waals surface area contributed by atoms with E-state index < -0.39 is 40.6 Å². The lowest BCUT2D eigenvalue weighted by atomic mass is 10.0. The van der Waals surface area contributed by atoms with Crippen molar-refractivity contribution in [3.63, 3.8) is 0 Å². The second kappa shape index (κ2) is 5.81. The van der Waals surface area contributed by atoms with Crippen molar-refractivity contribution in [2.45, 2.75) is 12.4 Å². The maximum atomic E-state index is 13.1. The minimum absolute atomic E-state index is 0.0142. The van der Waals surface area contributed by atoms with Crippen LogP contribution in [-0.4, -0.2) is 19.6 Å². The van der Waals surface area contributed by atoms with E-state index in [0.29, 0.717) is 23.0 Å². The number of fused-ring (bicyclic) bond motifs is 3. The van der Waals surface area contributed by atoms with Crippen molar-refractivity contribution < 1.29 is 26.3 Å². The smallest absolute Gasteiger partial charge is 0.305 e. The van der Waals surface area contributed by atoms with Gasteiger partial charge in [0.2, 0.25) is 0 Å². The van der Waals surface area contributed by atoms with Crippen molar-refractivity contribution in [1.29, 1.82) is 0 Å². The van der Waals surface area contributed by atoms with Crippen LogP contribution in [0.25, 0.3) is 27.9 Å². The minimum atomic E-state index is -5.00. The quantitative estimate of drug-likeness (QED) is 0.487. The molecule has 28 heavy (non-hydrogen) atoms. The van der Waals surface area contributed by atoms with Gasteiger partial charge in [-0.1, -0.05) is 12.1 Å². The fourth-order valence-electron chi connectivity index (χ4n) is 2.79. The summed E-state index contributed by atoms with van der Waals surface area (Å²) in [6, 6.07) is 7.50. The van der Waals surface area contributed by atoms with Gasteiger partial charge in [-0.25, -0.2) is 9.78 Å². The Morgan fingerprint density at radius 3 is 2.11 bits per heavy atom. The molecule has 4 rings (SSSR count). The molecule has 0 bridgehead atoms. The third-order valence-electron chi connectivity index (χ3n) is 4.05. The summed E-state index contributed by atoms with van der Waals surface area (Å²) in [6.45, 7) is 0. The fourth-order valence-corrected chi connectivity index (χ4v) is 2.79. The largest absolute Gasteiger partial charge is 0.416 e. The van der Waals surface area contributed by atoms with Crippen LogP contribution in [0.5, 0.6) is 0 Å². The zero-order chi connectivity index (χ0) is 20.3. The Morgan fingerprint density at radius 2 is 1.50 bits per heavy atom. The zero-order valence-electron chi connectivity index (χ0n) is 13.6. The first-order chi connectivity index (χ1) is 13.0. The molecule has 1 N–H and O–H groups in total. The molecule has 0 amide bonds. The predicted molar refractivity (Wildman–Crippen MR) is 86.6 cm³/mol. The summed E-state index contributed by atoms with van der Waals surface area (Å²) in [5.41, 5.74) is -3.80. The molecule has 0 aliphatic carbocycles. The van der Waals surface area contributed by atoms with Crippen LogP contribution in [0.1, 0.15) is 11.1 Å². The minimum Gasteiger partial charge on any atom is -0.305 e. The SMILES string of the molecule is O=c1[nH]c2ccccc2c2nc(-c3cc(C(F)(F)F)cc(C(F)(F)F)c3)nn12.